The number of carbonyl (C=O) groups is 1. The Bertz CT molecular complexity index is 641. The van der Waals surface area contributed by atoms with Crippen molar-refractivity contribution in [3.8, 4) is 5.75 Å². The number of hydrogen-bond acceptors (Lipinski definition) is 3. The summed E-state index contributed by atoms with van der Waals surface area (Å²) >= 11 is 1.53. The van der Waals surface area contributed by atoms with Gasteiger partial charge in [0.2, 0.25) is 0 Å². The van der Waals surface area contributed by atoms with Gasteiger partial charge in [-0.3, -0.25) is 0 Å². The molecule has 0 fully saturated rings. The Morgan fingerprint density at radius 2 is 2.05 bits per heavy atom. The highest BCUT2D eigenvalue weighted by Gasteiger charge is 2.01. The molecule has 104 valence electrons. The van der Waals surface area contributed by atoms with Gasteiger partial charge in [-0.1, -0.05) is 6.07 Å². The lowest BCUT2D eigenvalue weighted by Gasteiger charge is -2.07. The van der Waals surface area contributed by atoms with Crippen LogP contribution in [-0.4, -0.2) is 11.1 Å². The number of aliphatic carboxylic acids is 1. The number of rotatable bonds is 5. The molecule has 1 aromatic carbocycles. The molecule has 0 atom stereocenters. The number of thiophene rings is 1. The quantitative estimate of drug-likeness (QED) is 0.845. The molecule has 0 unspecified atom stereocenters. The van der Waals surface area contributed by atoms with Crippen LogP contribution in [0.2, 0.25) is 0 Å². The first-order chi connectivity index (χ1) is 9.54. The Morgan fingerprint density at radius 3 is 2.75 bits per heavy atom. The summed E-state index contributed by atoms with van der Waals surface area (Å²) in [6.07, 6.45) is 2.73. The molecule has 0 saturated carbocycles. The monoisotopic (exact) mass is 288 g/mol. The fourth-order valence-electron chi connectivity index (χ4n) is 1.67. The summed E-state index contributed by atoms with van der Waals surface area (Å²) in [7, 11) is 0. The van der Waals surface area contributed by atoms with E-state index in [4.69, 9.17) is 9.84 Å². The molecule has 2 aromatic rings. The molecule has 20 heavy (non-hydrogen) atoms. The van der Waals surface area contributed by atoms with E-state index in [0.29, 0.717) is 6.61 Å². The van der Waals surface area contributed by atoms with Crippen molar-refractivity contribution in [2.24, 2.45) is 0 Å². The summed E-state index contributed by atoms with van der Waals surface area (Å²) in [4.78, 5) is 12.4. The van der Waals surface area contributed by atoms with Crippen LogP contribution in [0.5, 0.6) is 5.75 Å². The zero-order valence-corrected chi connectivity index (χ0v) is 12.2. The van der Waals surface area contributed by atoms with Gasteiger partial charge >= 0.3 is 5.97 Å². The average molecular weight is 288 g/mol. The van der Waals surface area contributed by atoms with Crippen LogP contribution in [0.4, 0.5) is 0 Å². The third kappa shape index (κ3) is 3.96. The first-order valence-corrected chi connectivity index (χ1v) is 7.06. The van der Waals surface area contributed by atoms with Crippen molar-refractivity contribution < 1.29 is 14.6 Å². The first-order valence-electron chi connectivity index (χ1n) is 6.24. The highest BCUT2D eigenvalue weighted by molar-refractivity contribution is 7.12. The van der Waals surface area contributed by atoms with Crippen molar-refractivity contribution in [3.63, 3.8) is 0 Å². The number of aryl methyl sites for hydroxylation is 2. The molecular formula is C16H16O3S. The average Bonchev–Trinajstić information content (AvgIpc) is 2.86. The lowest BCUT2D eigenvalue weighted by Crippen LogP contribution is -1.93. The molecule has 0 aliphatic carbocycles. The molecule has 2 rings (SSSR count). The van der Waals surface area contributed by atoms with Crippen molar-refractivity contribution in [2.75, 3.05) is 0 Å². The SMILES string of the molecule is Cc1ccc(OCc2ccc(C=CC(=O)O)s2)cc1C. The van der Waals surface area contributed by atoms with Gasteiger partial charge in [0.15, 0.2) is 0 Å². The van der Waals surface area contributed by atoms with E-state index in [1.807, 2.05) is 30.3 Å². The van der Waals surface area contributed by atoms with E-state index < -0.39 is 5.97 Å². The van der Waals surface area contributed by atoms with E-state index >= 15 is 0 Å². The highest BCUT2D eigenvalue weighted by atomic mass is 32.1. The second-order valence-electron chi connectivity index (χ2n) is 4.51. The molecule has 0 spiro atoms. The van der Waals surface area contributed by atoms with Crippen LogP contribution >= 0.6 is 11.3 Å². The van der Waals surface area contributed by atoms with E-state index in [2.05, 4.69) is 13.8 Å². The van der Waals surface area contributed by atoms with Crippen LogP contribution in [0.25, 0.3) is 6.08 Å². The van der Waals surface area contributed by atoms with Crippen LogP contribution in [0.15, 0.2) is 36.4 Å². The van der Waals surface area contributed by atoms with Crippen molar-refractivity contribution >= 4 is 23.4 Å². The number of benzene rings is 1. The van der Waals surface area contributed by atoms with Gasteiger partial charge in [-0.2, -0.15) is 0 Å². The smallest absolute Gasteiger partial charge is 0.328 e. The minimum absolute atomic E-state index is 0.494. The minimum atomic E-state index is -0.939. The Balaban J connectivity index is 1.97. The van der Waals surface area contributed by atoms with Crippen molar-refractivity contribution in [3.05, 3.63) is 57.3 Å². The number of carboxylic acid groups (broad SMARTS) is 1. The largest absolute Gasteiger partial charge is 0.488 e. The second-order valence-corrected chi connectivity index (χ2v) is 5.71. The van der Waals surface area contributed by atoms with Crippen LogP contribution in [0.3, 0.4) is 0 Å². The van der Waals surface area contributed by atoms with Crippen molar-refractivity contribution in [1.82, 2.24) is 0 Å². The molecule has 1 aromatic heterocycles. The summed E-state index contributed by atoms with van der Waals surface area (Å²) in [5, 5.41) is 8.58. The van der Waals surface area contributed by atoms with Crippen LogP contribution in [0.1, 0.15) is 20.9 Å². The van der Waals surface area contributed by atoms with Crippen LogP contribution in [0, 0.1) is 13.8 Å². The molecular weight excluding hydrogens is 272 g/mol. The van der Waals surface area contributed by atoms with Gasteiger partial charge < -0.3 is 9.84 Å². The van der Waals surface area contributed by atoms with E-state index in [0.717, 1.165) is 21.6 Å². The van der Waals surface area contributed by atoms with Gasteiger partial charge in [-0.05, 0) is 55.3 Å². The van der Waals surface area contributed by atoms with E-state index in [1.54, 1.807) is 6.08 Å². The lowest BCUT2D eigenvalue weighted by molar-refractivity contribution is -0.131. The van der Waals surface area contributed by atoms with Crippen LogP contribution in [-0.2, 0) is 11.4 Å². The maximum atomic E-state index is 10.4. The summed E-state index contributed by atoms with van der Waals surface area (Å²) in [5.41, 5.74) is 2.45. The predicted molar refractivity (Wildman–Crippen MR) is 81.2 cm³/mol. The van der Waals surface area contributed by atoms with Gasteiger partial charge in [0.25, 0.3) is 0 Å². The fraction of sp³-hybridized carbons (Fsp3) is 0.188. The third-order valence-corrected chi connectivity index (χ3v) is 3.96. The Kier molecular flexibility index (Phi) is 4.58. The summed E-state index contributed by atoms with van der Waals surface area (Å²) in [6, 6.07) is 9.87. The van der Waals surface area contributed by atoms with Gasteiger partial charge in [-0.15, -0.1) is 11.3 Å². The van der Waals surface area contributed by atoms with Crippen molar-refractivity contribution in [2.45, 2.75) is 20.5 Å². The Labute approximate surface area is 122 Å². The Hall–Kier alpha value is -2.07. The molecule has 0 amide bonds. The van der Waals surface area contributed by atoms with E-state index in [-0.39, 0.29) is 0 Å². The Morgan fingerprint density at radius 1 is 1.25 bits per heavy atom. The molecule has 0 saturated heterocycles. The van der Waals surface area contributed by atoms with Crippen molar-refractivity contribution in [1.29, 1.82) is 0 Å². The van der Waals surface area contributed by atoms with Gasteiger partial charge in [-0.25, -0.2) is 4.79 Å². The predicted octanol–water partition coefficient (Wildman–Crippen LogP) is 4.04. The zero-order valence-electron chi connectivity index (χ0n) is 11.4. The minimum Gasteiger partial charge on any atom is -0.488 e. The molecule has 0 aliphatic rings. The third-order valence-electron chi connectivity index (χ3n) is 2.93. The summed E-state index contributed by atoms with van der Waals surface area (Å²) in [6.45, 7) is 4.62. The molecule has 1 N–H and O–H groups in total. The first kappa shape index (κ1) is 14.3. The normalized spacial score (nSPS) is 10.9. The lowest BCUT2D eigenvalue weighted by atomic mass is 10.1. The number of hydrogen-bond donors (Lipinski definition) is 1. The molecule has 1 heterocycles. The van der Waals surface area contributed by atoms with Gasteiger partial charge in [0.1, 0.15) is 12.4 Å². The summed E-state index contributed by atoms with van der Waals surface area (Å²) in [5.74, 6) is -0.0875. The molecule has 3 nitrogen and oxygen atoms in total. The molecule has 0 bridgehead atoms. The maximum absolute atomic E-state index is 10.4. The maximum Gasteiger partial charge on any atom is 0.328 e. The second kappa shape index (κ2) is 6.39. The van der Waals surface area contributed by atoms with E-state index in [9.17, 15) is 4.79 Å². The zero-order chi connectivity index (χ0) is 14.5. The molecule has 4 heteroatoms. The fourth-order valence-corrected chi connectivity index (χ4v) is 2.50. The standard InChI is InChI=1S/C16H16O3S/c1-11-3-4-13(9-12(11)2)19-10-15-6-5-14(20-15)7-8-16(17)18/h3-9H,10H2,1-2H3,(H,17,18). The summed E-state index contributed by atoms with van der Waals surface area (Å²) < 4.78 is 5.74. The van der Waals surface area contributed by atoms with Gasteiger partial charge in [0.05, 0.1) is 0 Å². The van der Waals surface area contributed by atoms with Gasteiger partial charge in [0, 0.05) is 15.8 Å². The van der Waals surface area contributed by atoms with Crippen LogP contribution < -0.4 is 4.74 Å². The number of carboxylic acids is 1. The topological polar surface area (TPSA) is 46.5 Å². The highest BCUT2D eigenvalue weighted by Crippen LogP contribution is 2.22. The van der Waals surface area contributed by atoms with E-state index in [1.165, 1.54) is 22.5 Å². The molecule has 0 aliphatic heterocycles. The molecule has 0 radical (unpaired) electrons. The number of ether oxygens (including phenoxy) is 1.